The maximum absolute atomic E-state index is 11.9. The molecule has 0 bridgehead atoms. The molecule has 0 amide bonds. The predicted molar refractivity (Wildman–Crippen MR) is 75.2 cm³/mol. The summed E-state index contributed by atoms with van der Waals surface area (Å²) >= 11 is 6.06. The molecule has 2 aliphatic rings. The zero-order valence-corrected chi connectivity index (χ0v) is 11.9. The van der Waals surface area contributed by atoms with Gasteiger partial charge in [0.05, 0.1) is 10.9 Å². The Balaban J connectivity index is 1.91. The Morgan fingerprint density at radius 1 is 1.16 bits per heavy atom. The summed E-state index contributed by atoms with van der Waals surface area (Å²) in [6.45, 7) is 0. The minimum absolute atomic E-state index is 0.166. The van der Waals surface area contributed by atoms with Gasteiger partial charge in [-0.05, 0) is 37.8 Å². The van der Waals surface area contributed by atoms with Crippen LogP contribution in [-0.2, 0) is 10.0 Å². The van der Waals surface area contributed by atoms with Crippen LogP contribution in [-0.4, -0.2) is 25.7 Å². The predicted octanol–water partition coefficient (Wildman–Crippen LogP) is 2.28. The lowest BCUT2D eigenvalue weighted by Gasteiger charge is -2.22. The molecule has 1 aromatic rings. The molecule has 0 radical (unpaired) electrons. The van der Waals surface area contributed by atoms with Gasteiger partial charge in [-0.15, -0.1) is 11.6 Å². The zero-order valence-electron chi connectivity index (χ0n) is 10.3. The third-order valence-corrected chi connectivity index (χ3v) is 5.43. The zero-order chi connectivity index (χ0) is 13.5. The number of aliphatic imine (C=N–C) groups is 1. The SMILES string of the molecule is O=S1(=O)NC(=NC2CCC(Cl)CC2)c2ccccc21. The molecule has 19 heavy (non-hydrogen) atoms. The molecule has 1 heterocycles. The first-order valence-corrected chi connectivity index (χ1v) is 8.32. The van der Waals surface area contributed by atoms with E-state index in [0.29, 0.717) is 16.3 Å². The molecule has 0 aromatic heterocycles. The Hall–Kier alpha value is -1.07. The van der Waals surface area contributed by atoms with Crippen molar-refractivity contribution in [2.45, 2.75) is 42.0 Å². The number of nitrogens with one attached hydrogen (secondary N) is 1. The number of hydrogen-bond donors (Lipinski definition) is 1. The number of amidine groups is 1. The molecule has 4 nitrogen and oxygen atoms in total. The fourth-order valence-electron chi connectivity index (χ4n) is 2.58. The van der Waals surface area contributed by atoms with Crippen molar-refractivity contribution < 1.29 is 8.42 Å². The molecule has 1 aromatic carbocycles. The molecule has 0 spiro atoms. The summed E-state index contributed by atoms with van der Waals surface area (Å²) < 4.78 is 26.4. The molecule has 3 rings (SSSR count). The van der Waals surface area contributed by atoms with Crippen LogP contribution in [0.25, 0.3) is 0 Å². The van der Waals surface area contributed by atoms with Crippen molar-refractivity contribution in [3.05, 3.63) is 29.8 Å². The van der Waals surface area contributed by atoms with E-state index in [-0.39, 0.29) is 11.4 Å². The summed E-state index contributed by atoms with van der Waals surface area (Å²) in [5, 5.41) is 0.240. The van der Waals surface area contributed by atoms with Gasteiger partial charge >= 0.3 is 0 Å². The Bertz CT molecular complexity index is 619. The molecule has 0 saturated heterocycles. The quantitative estimate of drug-likeness (QED) is 0.809. The first kappa shape index (κ1) is 12.9. The highest BCUT2D eigenvalue weighted by Gasteiger charge is 2.31. The van der Waals surface area contributed by atoms with Crippen LogP contribution < -0.4 is 4.72 Å². The lowest BCUT2D eigenvalue weighted by Crippen LogP contribution is -2.26. The van der Waals surface area contributed by atoms with Crippen LogP contribution in [0.15, 0.2) is 34.2 Å². The van der Waals surface area contributed by atoms with Gasteiger partial charge in [-0.1, -0.05) is 12.1 Å². The van der Waals surface area contributed by atoms with E-state index in [9.17, 15) is 8.42 Å². The van der Waals surface area contributed by atoms with Crippen molar-refractivity contribution in [1.82, 2.24) is 4.72 Å². The lowest BCUT2D eigenvalue weighted by molar-refractivity contribution is 0.448. The van der Waals surface area contributed by atoms with Crippen molar-refractivity contribution in [1.29, 1.82) is 0 Å². The van der Waals surface area contributed by atoms with Crippen molar-refractivity contribution in [2.75, 3.05) is 0 Å². The third-order valence-electron chi connectivity index (χ3n) is 3.60. The number of hydrogen-bond acceptors (Lipinski definition) is 3. The number of alkyl halides is 1. The lowest BCUT2D eigenvalue weighted by atomic mass is 9.95. The number of nitrogens with zero attached hydrogens (tertiary/aromatic N) is 1. The number of halogens is 1. The fraction of sp³-hybridized carbons (Fsp3) is 0.462. The van der Waals surface area contributed by atoms with Crippen LogP contribution in [0.3, 0.4) is 0 Å². The van der Waals surface area contributed by atoms with Gasteiger partial charge < -0.3 is 0 Å². The van der Waals surface area contributed by atoms with E-state index in [2.05, 4.69) is 9.71 Å². The topological polar surface area (TPSA) is 58.5 Å². The Labute approximate surface area is 117 Å². The maximum atomic E-state index is 11.9. The van der Waals surface area contributed by atoms with Crippen molar-refractivity contribution in [3.63, 3.8) is 0 Å². The molecule has 102 valence electrons. The average molecular weight is 299 g/mol. The monoisotopic (exact) mass is 298 g/mol. The largest absolute Gasteiger partial charge is 0.264 e. The fourth-order valence-corrected chi connectivity index (χ4v) is 4.07. The van der Waals surface area contributed by atoms with Gasteiger partial charge in [0.15, 0.2) is 0 Å². The van der Waals surface area contributed by atoms with Gasteiger partial charge in [0.25, 0.3) is 10.0 Å². The molecular weight excluding hydrogens is 284 g/mol. The summed E-state index contributed by atoms with van der Waals surface area (Å²) in [6, 6.07) is 7.11. The summed E-state index contributed by atoms with van der Waals surface area (Å²) in [4.78, 5) is 4.89. The first-order chi connectivity index (χ1) is 9.06. The second-order valence-corrected chi connectivity index (χ2v) is 7.25. The minimum atomic E-state index is -3.42. The molecular formula is C13H15ClN2O2S. The van der Waals surface area contributed by atoms with Crippen LogP contribution in [0.4, 0.5) is 0 Å². The van der Waals surface area contributed by atoms with Gasteiger partial charge in [-0.2, -0.15) is 0 Å². The van der Waals surface area contributed by atoms with E-state index >= 15 is 0 Å². The third kappa shape index (κ3) is 2.49. The Morgan fingerprint density at radius 3 is 2.58 bits per heavy atom. The van der Waals surface area contributed by atoms with Crippen molar-refractivity contribution >= 4 is 27.5 Å². The molecule has 0 atom stereocenters. The van der Waals surface area contributed by atoms with Crippen LogP contribution in [0, 0.1) is 0 Å². The van der Waals surface area contributed by atoms with E-state index in [0.717, 1.165) is 25.7 Å². The average Bonchev–Trinajstić information content (AvgIpc) is 2.65. The van der Waals surface area contributed by atoms with E-state index < -0.39 is 10.0 Å². The van der Waals surface area contributed by atoms with Gasteiger partial charge in [0, 0.05) is 10.9 Å². The standard InChI is InChI=1S/C13H15ClN2O2S/c14-9-5-7-10(8-6-9)15-13-11-3-1-2-4-12(11)19(17,18)16-13/h1-4,9-10H,5-8H2,(H,15,16). The Morgan fingerprint density at radius 2 is 1.84 bits per heavy atom. The van der Waals surface area contributed by atoms with E-state index in [1.807, 2.05) is 6.07 Å². The van der Waals surface area contributed by atoms with Crippen LogP contribution >= 0.6 is 11.6 Å². The molecule has 0 unspecified atom stereocenters. The van der Waals surface area contributed by atoms with E-state index in [1.54, 1.807) is 18.2 Å². The second-order valence-electron chi connectivity index (χ2n) is 4.99. The molecule has 1 aliphatic heterocycles. The van der Waals surface area contributed by atoms with Crippen molar-refractivity contribution in [3.8, 4) is 0 Å². The van der Waals surface area contributed by atoms with Gasteiger partial charge in [0.1, 0.15) is 5.84 Å². The number of fused-ring (bicyclic) bond motifs is 1. The second kappa shape index (κ2) is 4.80. The first-order valence-electron chi connectivity index (χ1n) is 6.40. The van der Waals surface area contributed by atoms with Gasteiger partial charge in [0.2, 0.25) is 0 Å². The molecule has 6 heteroatoms. The highest BCUT2D eigenvalue weighted by Crippen LogP contribution is 2.27. The Kier molecular flexibility index (Phi) is 3.27. The summed E-state index contributed by atoms with van der Waals surface area (Å²) in [5.74, 6) is 0.480. The summed E-state index contributed by atoms with van der Waals surface area (Å²) in [7, 11) is -3.42. The van der Waals surface area contributed by atoms with Crippen molar-refractivity contribution in [2.24, 2.45) is 4.99 Å². The highest BCUT2D eigenvalue weighted by atomic mass is 35.5. The normalized spacial score (nSPS) is 30.9. The van der Waals surface area contributed by atoms with E-state index in [4.69, 9.17) is 11.6 Å². The summed E-state index contributed by atoms with van der Waals surface area (Å²) in [5.41, 5.74) is 0.676. The van der Waals surface area contributed by atoms with Crippen LogP contribution in [0.2, 0.25) is 0 Å². The van der Waals surface area contributed by atoms with Crippen LogP contribution in [0.5, 0.6) is 0 Å². The molecule has 1 fully saturated rings. The molecule has 1 aliphatic carbocycles. The van der Waals surface area contributed by atoms with Crippen LogP contribution in [0.1, 0.15) is 31.2 Å². The number of sulfonamides is 1. The molecule has 1 N–H and O–H groups in total. The highest BCUT2D eigenvalue weighted by molar-refractivity contribution is 7.90. The molecule has 1 saturated carbocycles. The number of benzene rings is 1. The number of rotatable bonds is 1. The maximum Gasteiger partial charge on any atom is 0.263 e. The van der Waals surface area contributed by atoms with Gasteiger partial charge in [-0.3, -0.25) is 9.71 Å². The minimum Gasteiger partial charge on any atom is -0.264 e. The van der Waals surface area contributed by atoms with E-state index in [1.165, 1.54) is 0 Å². The summed E-state index contributed by atoms with van der Waals surface area (Å²) in [6.07, 6.45) is 3.72. The smallest absolute Gasteiger partial charge is 0.263 e. The van der Waals surface area contributed by atoms with Gasteiger partial charge in [-0.25, -0.2) is 8.42 Å².